The maximum atomic E-state index is 12.1. The van der Waals surface area contributed by atoms with Crippen molar-refractivity contribution in [2.45, 2.75) is 44.8 Å². The van der Waals surface area contributed by atoms with E-state index in [-0.39, 0.29) is 23.9 Å². The lowest BCUT2D eigenvalue weighted by molar-refractivity contribution is -0.131. The molecule has 2 heterocycles. The van der Waals surface area contributed by atoms with Gasteiger partial charge in [0.15, 0.2) is 0 Å². The fourth-order valence-corrected chi connectivity index (χ4v) is 2.43. The van der Waals surface area contributed by atoms with E-state index in [0.29, 0.717) is 19.0 Å². The predicted octanol–water partition coefficient (Wildman–Crippen LogP) is -0.526. The van der Waals surface area contributed by atoms with Crippen LogP contribution in [0.2, 0.25) is 0 Å². The van der Waals surface area contributed by atoms with E-state index in [2.05, 4.69) is 10.6 Å². The Morgan fingerprint density at radius 3 is 2.75 bits per heavy atom. The second-order valence-corrected chi connectivity index (χ2v) is 4.86. The van der Waals surface area contributed by atoms with Gasteiger partial charge in [0.25, 0.3) is 0 Å². The summed E-state index contributed by atoms with van der Waals surface area (Å²) in [5.74, 6) is 0.202. The first-order chi connectivity index (χ1) is 7.58. The van der Waals surface area contributed by atoms with Gasteiger partial charge in [0.2, 0.25) is 11.8 Å². The summed E-state index contributed by atoms with van der Waals surface area (Å²) in [6.07, 6.45) is 1.31. The third kappa shape index (κ3) is 2.19. The maximum absolute atomic E-state index is 12.1. The van der Waals surface area contributed by atoms with E-state index in [0.717, 1.165) is 13.0 Å². The van der Waals surface area contributed by atoms with Crippen LogP contribution in [0.25, 0.3) is 0 Å². The number of likely N-dealkylation sites (tertiary alicyclic amines) is 1. The number of carbonyl (C=O) groups excluding carboxylic acids is 2. The molecule has 0 saturated carbocycles. The van der Waals surface area contributed by atoms with E-state index in [9.17, 15) is 9.59 Å². The molecule has 0 radical (unpaired) electrons. The number of rotatable bonds is 3. The lowest BCUT2D eigenvalue weighted by Gasteiger charge is -2.23. The minimum Gasteiger partial charge on any atom is -0.354 e. The van der Waals surface area contributed by atoms with Gasteiger partial charge in [0.05, 0.1) is 12.1 Å². The Balaban J connectivity index is 1.94. The molecule has 2 atom stereocenters. The second kappa shape index (κ2) is 4.41. The molecule has 2 aliphatic rings. The van der Waals surface area contributed by atoms with Gasteiger partial charge in [-0.3, -0.25) is 9.59 Å². The fraction of sp³-hybridized carbons (Fsp3) is 0.818. The Hall–Kier alpha value is -1.10. The molecule has 0 aromatic carbocycles. The molecule has 2 fully saturated rings. The summed E-state index contributed by atoms with van der Waals surface area (Å²) < 4.78 is 0. The van der Waals surface area contributed by atoms with Gasteiger partial charge in [-0.15, -0.1) is 0 Å². The van der Waals surface area contributed by atoms with Crippen LogP contribution in [-0.4, -0.2) is 47.9 Å². The van der Waals surface area contributed by atoms with Crippen molar-refractivity contribution in [1.29, 1.82) is 0 Å². The molecule has 2 unspecified atom stereocenters. The fourth-order valence-electron chi connectivity index (χ4n) is 2.43. The monoisotopic (exact) mass is 225 g/mol. The number of carbonyl (C=O) groups is 2. The van der Waals surface area contributed by atoms with Crippen LogP contribution < -0.4 is 10.6 Å². The van der Waals surface area contributed by atoms with Gasteiger partial charge in [-0.25, -0.2) is 0 Å². The van der Waals surface area contributed by atoms with Gasteiger partial charge in [-0.05, 0) is 6.42 Å². The van der Waals surface area contributed by atoms with E-state index in [4.69, 9.17) is 0 Å². The van der Waals surface area contributed by atoms with Crippen LogP contribution >= 0.6 is 0 Å². The Morgan fingerprint density at radius 1 is 1.44 bits per heavy atom. The molecule has 5 nitrogen and oxygen atoms in total. The molecular formula is C11H19N3O2. The number of nitrogens with zero attached hydrogens (tertiary/aromatic N) is 1. The minimum atomic E-state index is -0.0595. The van der Waals surface area contributed by atoms with Gasteiger partial charge < -0.3 is 15.5 Å². The zero-order valence-electron chi connectivity index (χ0n) is 9.82. The van der Waals surface area contributed by atoms with Crippen molar-refractivity contribution in [3.63, 3.8) is 0 Å². The lowest BCUT2D eigenvalue weighted by Crippen LogP contribution is -2.45. The molecule has 90 valence electrons. The molecule has 16 heavy (non-hydrogen) atoms. The van der Waals surface area contributed by atoms with Crippen LogP contribution in [0.1, 0.15) is 26.7 Å². The van der Waals surface area contributed by atoms with Crippen LogP contribution in [-0.2, 0) is 9.59 Å². The van der Waals surface area contributed by atoms with Crippen molar-refractivity contribution in [3.05, 3.63) is 0 Å². The molecule has 0 aromatic rings. The highest BCUT2D eigenvalue weighted by atomic mass is 16.2. The molecule has 0 aliphatic carbocycles. The summed E-state index contributed by atoms with van der Waals surface area (Å²) in [6, 6.07) is 0.326. The molecule has 2 aliphatic heterocycles. The Kier molecular flexibility index (Phi) is 3.14. The van der Waals surface area contributed by atoms with Crippen molar-refractivity contribution < 1.29 is 9.59 Å². The van der Waals surface area contributed by atoms with Gasteiger partial charge >= 0.3 is 0 Å². The molecule has 5 heteroatoms. The summed E-state index contributed by atoms with van der Waals surface area (Å²) in [5, 5.41) is 6.03. The normalized spacial score (nSPS) is 30.3. The first-order valence-electron chi connectivity index (χ1n) is 5.91. The molecule has 0 spiro atoms. The Bertz CT molecular complexity index is 304. The van der Waals surface area contributed by atoms with Gasteiger partial charge in [-0.1, -0.05) is 13.8 Å². The quantitative estimate of drug-likeness (QED) is 0.679. The number of amides is 2. The van der Waals surface area contributed by atoms with E-state index in [1.165, 1.54) is 0 Å². The highest BCUT2D eigenvalue weighted by molar-refractivity contribution is 5.86. The number of hydrogen-bond donors (Lipinski definition) is 2. The number of hydrogen-bond acceptors (Lipinski definition) is 3. The van der Waals surface area contributed by atoms with Gasteiger partial charge in [0, 0.05) is 25.6 Å². The van der Waals surface area contributed by atoms with E-state index in [1.807, 2.05) is 18.7 Å². The van der Waals surface area contributed by atoms with Crippen LogP contribution in [0, 0.1) is 0 Å². The van der Waals surface area contributed by atoms with Gasteiger partial charge in [-0.2, -0.15) is 0 Å². The highest BCUT2D eigenvalue weighted by Gasteiger charge is 2.38. The van der Waals surface area contributed by atoms with E-state index in [1.54, 1.807) is 0 Å². The first kappa shape index (κ1) is 11.4. The average molecular weight is 225 g/mol. The van der Waals surface area contributed by atoms with Crippen molar-refractivity contribution in [2.24, 2.45) is 0 Å². The molecule has 2 saturated heterocycles. The second-order valence-electron chi connectivity index (χ2n) is 4.86. The summed E-state index contributed by atoms with van der Waals surface area (Å²) in [6.45, 7) is 5.45. The predicted molar refractivity (Wildman–Crippen MR) is 59.8 cm³/mol. The van der Waals surface area contributed by atoms with E-state index < -0.39 is 0 Å². The molecule has 0 aromatic heterocycles. The third-order valence-corrected chi connectivity index (χ3v) is 3.17. The summed E-state index contributed by atoms with van der Waals surface area (Å²) >= 11 is 0. The number of nitrogens with one attached hydrogen (secondary N) is 2. The Morgan fingerprint density at radius 2 is 2.19 bits per heavy atom. The standard InChI is InChI=1S/C11H19N3O2/c1-7(2)13-9-3-4-14(11(9)16)8-5-10(15)12-6-8/h7-9,13H,3-6H2,1-2H3,(H,12,15). The lowest BCUT2D eigenvalue weighted by atomic mass is 10.2. The summed E-state index contributed by atoms with van der Waals surface area (Å²) in [5.41, 5.74) is 0. The van der Waals surface area contributed by atoms with Crippen molar-refractivity contribution in [2.75, 3.05) is 13.1 Å². The third-order valence-electron chi connectivity index (χ3n) is 3.17. The molecular weight excluding hydrogens is 206 g/mol. The highest BCUT2D eigenvalue weighted by Crippen LogP contribution is 2.19. The maximum Gasteiger partial charge on any atom is 0.240 e. The largest absolute Gasteiger partial charge is 0.354 e. The first-order valence-corrected chi connectivity index (χ1v) is 5.91. The molecule has 2 rings (SSSR count). The smallest absolute Gasteiger partial charge is 0.240 e. The van der Waals surface area contributed by atoms with Crippen molar-refractivity contribution in [1.82, 2.24) is 15.5 Å². The molecule has 0 bridgehead atoms. The van der Waals surface area contributed by atoms with Crippen LogP contribution in [0.3, 0.4) is 0 Å². The van der Waals surface area contributed by atoms with Crippen molar-refractivity contribution >= 4 is 11.8 Å². The van der Waals surface area contributed by atoms with Crippen molar-refractivity contribution in [3.8, 4) is 0 Å². The molecule has 2 amide bonds. The van der Waals surface area contributed by atoms with Crippen LogP contribution in [0.15, 0.2) is 0 Å². The summed E-state index contributed by atoms with van der Waals surface area (Å²) in [7, 11) is 0. The molecule has 2 N–H and O–H groups in total. The zero-order valence-corrected chi connectivity index (χ0v) is 9.82. The topological polar surface area (TPSA) is 61.4 Å². The van der Waals surface area contributed by atoms with Crippen LogP contribution in [0.4, 0.5) is 0 Å². The minimum absolute atomic E-state index is 0.0538. The zero-order chi connectivity index (χ0) is 11.7. The Labute approximate surface area is 95.6 Å². The van der Waals surface area contributed by atoms with Gasteiger partial charge in [0.1, 0.15) is 0 Å². The van der Waals surface area contributed by atoms with E-state index >= 15 is 0 Å². The SMILES string of the molecule is CC(C)NC1CCN(C2CNC(=O)C2)C1=O. The summed E-state index contributed by atoms with van der Waals surface area (Å²) in [4.78, 5) is 25.0. The average Bonchev–Trinajstić information content (AvgIpc) is 2.74. The van der Waals surface area contributed by atoms with Crippen LogP contribution in [0.5, 0.6) is 0 Å².